The number of nitrogens with one attached hydrogen (secondary N) is 1. The lowest BCUT2D eigenvalue weighted by Gasteiger charge is -2.32. The number of likely N-dealkylation sites (tertiary alicyclic amines) is 1. The summed E-state index contributed by atoms with van der Waals surface area (Å²) in [6, 6.07) is 5.96. The van der Waals surface area contributed by atoms with Crippen LogP contribution in [0.15, 0.2) is 35.8 Å². The number of aromatic amines is 1. The van der Waals surface area contributed by atoms with E-state index in [9.17, 15) is 9.18 Å². The maximum atomic E-state index is 13.0. The van der Waals surface area contributed by atoms with Crippen LogP contribution in [-0.2, 0) is 13.2 Å². The zero-order chi connectivity index (χ0) is 20.2. The molecule has 1 aliphatic rings. The maximum Gasteiger partial charge on any atom is 0.252 e. The largest absolute Gasteiger partial charge is 0.486 e. The summed E-state index contributed by atoms with van der Waals surface area (Å²) in [6.45, 7) is 2.90. The normalized spacial score (nSPS) is 17.3. The molecule has 4 rings (SSSR count). The molecular weight excluding hydrogens is 393 g/mol. The van der Waals surface area contributed by atoms with Gasteiger partial charge in [0, 0.05) is 24.4 Å². The first-order valence-electron chi connectivity index (χ1n) is 9.45. The molecule has 3 N–H and O–H groups in total. The van der Waals surface area contributed by atoms with Crippen molar-refractivity contribution in [3.63, 3.8) is 0 Å². The second-order valence-corrected chi connectivity index (χ2v) is 8.05. The van der Waals surface area contributed by atoms with Crippen LogP contribution in [0.3, 0.4) is 0 Å². The van der Waals surface area contributed by atoms with Gasteiger partial charge in [0.15, 0.2) is 0 Å². The Kier molecular flexibility index (Phi) is 5.86. The molecule has 2 aromatic heterocycles. The lowest BCUT2D eigenvalue weighted by atomic mass is 9.92. The number of aromatic nitrogens is 3. The number of rotatable bonds is 7. The summed E-state index contributed by atoms with van der Waals surface area (Å²) in [4.78, 5) is 18.6. The summed E-state index contributed by atoms with van der Waals surface area (Å²) >= 11 is 1.55. The van der Waals surface area contributed by atoms with Crippen molar-refractivity contribution in [1.29, 1.82) is 0 Å². The molecule has 9 heteroatoms. The van der Waals surface area contributed by atoms with Gasteiger partial charge in [-0.15, -0.1) is 11.3 Å². The van der Waals surface area contributed by atoms with E-state index in [0.29, 0.717) is 17.9 Å². The van der Waals surface area contributed by atoms with Gasteiger partial charge in [-0.25, -0.2) is 9.37 Å². The standard InChI is InChI=1S/C20H22FN5O2S/c21-14-3-5-16(6-4-14)28-11-18-24-15(12-29-18)10-26-7-1-2-13(9-26)19-17(20(22)27)8-23-25-19/h3-6,8,12-13H,1-2,7,9-11H2,(H2,22,27)(H,23,25)/t13-/m0/s1. The van der Waals surface area contributed by atoms with Gasteiger partial charge < -0.3 is 10.5 Å². The molecule has 0 bridgehead atoms. The van der Waals surface area contributed by atoms with Gasteiger partial charge >= 0.3 is 0 Å². The third-order valence-corrected chi connectivity index (χ3v) is 5.88. The van der Waals surface area contributed by atoms with Crippen molar-refractivity contribution in [2.45, 2.75) is 31.9 Å². The molecule has 1 aromatic carbocycles. The first kappa shape index (κ1) is 19.5. The molecule has 152 valence electrons. The molecule has 1 fully saturated rings. The van der Waals surface area contributed by atoms with Crippen LogP contribution in [-0.4, -0.2) is 39.1 Å². The second kappa shape index (κ2) is 8.71. The van der Waals surface area contributed by atoms with Crippen LogP contribution in [0, 0.1) is 5.82 Å². The Labute approximate surface area is 171 Å². The van der Waals surface area contributed by atoms with Crippen LogP contribution in [0.1, 0.15) is 45.5 Å². The van der Waals surface area contributed by atoms with Gasteiger partial charge in [0.05, 0.1) is 23.1 Å². The van der Waals surface area contributed by atoms with Crippen LogP contribution in [0.4, 0.5) is 4.39 Å². The Morgan fingerprint density at radius 1 is 1.38 bits per heavy atom. The Hall–Kier alpha value is -2.78. The van der Waals surface area contributed by atoms with Crippen LogP contribution >= 0.6 is 11.3 Å². The average molecular weight is 415 g/mol. The molecule has 0 saturated carbocycles. The molecule has 3 aromatic rings. The number of primary amides is 1. The fourth-order valence-corrected chi connectivity index (χ4v) is 4.33. The zero-order valence-electron chi connectivity index (χ0n) is 15.8. The predicted octanol–water partition coefficient (Wildman–Crippen LogP) is 3.06. The molecule has 1 saturated heterocycles. The molecular formula is C20H22FN5O2S. The number of hydrogen-bond donors (Lipinski definition) is 2. The maximum absolute atomic E-state index is 13.0. The topological polar surface area (TPSA) is 97.1 Å². The Bertz CT molecular complexity index is 971. The molecule has 29 heavy (non-hydrogen) atoms. The number of amides is 1. The molecule has 1 atom stereocenters. The van der Waals surface area contributed by atoms with Gasteiger partial charge in [0.1, 0.15) is 23.2 Å². The molecule has 3 heterocycles. The van der Waals surface area contributed by atoms with E-state index >= 15 is 0 Å². The molecule has 1 aliphatic heterocycles. The van der Waals surface area contributed by atoms with Crippen LogP contribution in [0.5, 0.6) is 5.75 Å². The van der Waals surface area contributed by atoms with E-state index in [-0.39, 0.29) is 11.7 Å². The summed E-state index contributed by atoms with van der Waals surface area (Å²) in [5.41, 5.74) is 7.75. The van der Waals surface area contributed by atoms with Gasteiger partial charge in [-0.3, -0.25) is 14.8 Å². The number of carbonyl (C=O) groups excluding carboxylic acids is 1. The second-order valence-electron chi connectivity index (χ2n) is 7.11. The summed E-state index contributed by atoms with van der Waals surface area (Å²) in [7, 11) is 0. The minimum Gasteiger partial charge on any atom is -0.486 e. The number of benzene rings is 1. The number of nitrogens with zero attached hydrogens (tertiary/aromatic N) is 3. The highest BCUT2D eigenvalue weighted by Gasteiger charge is 2.26. The number of ether oxygens (including phenoxy) is 1. The van der Waals surface area contributed by atoms with Gasteiger partial charge in [-0.2, -0.15) is 5.10 Å². The summed E-state index contributed by atoms with van der Waals surface area (Å²) < 4.78 is 18.6. The van der Waals surface area contributed by atoms with Gasteiger partial charge in [0.25, 0.3) is 5.91 Å². The fourth-order valence-electron chi connectivity index (χ4n) is 3.63. The van der Waals surface area contributed by atoms with Crippen LogP contribution in [0.25, 0.3) is 0 Å². The van der Waals surface area contributed by atoms with E-state index in [1.54, 1.807) is 23.5 Å². The van der Waals surface area contributed by atoms with Crippen molar-refractivity contribution in [1.82, 2.24) is 20.1 Å². The first-order chi connectivity index (χ1) is 14.1. The number of thiazole rings is 1. The lowest BCUT2D eigenvalue weighted by Crippen LogP contribution is -2.34. The fraction of sp³-hybridized carbons (Fsp3) is 0.350. The number of nitrogens with two attached hydrogens (primary N) is 1. The first-order valence-corrected chi connectivity index (χ1v) is 10.3. The van der Waals surface area contributed by atoms with Crippen molar-refractivity contribution >= 4 is 17.2 Å². The van der Waals surface area contributed by atoms with Crippen molar-refractivity contribution in [3.05, 3.63) is 63.6 Å². The minimum absolute atomic E-state index is 0.202. The van der Waals surface area contributed by atoms with Gasteiger partial charge in [0.2, 0.25) is 0 Å². The van der Waals surface area contributed by atoms with E-state index < -0.39 is 5.91 Å². The summed E-state index contributed by atoms with van der Waals surface area (Å²) in [6.07, 6.45) is 3.53. The Morgan fingerprint density at radius 3 is 3.00 bits per heavy atom. The monoisotopic (exact) mass is 415 g/mol. The molecule has 0 unspecified atom stereocenters. The van der Waals surface area contributed by atoms with E-state index in [2.05, 4.69) is 20.1 Å². The third-order valence-electron chi connectivity index (χ3n) is 5.01. The van der Waals surface area contributed by atoms with E-state index in [1.165, 1.54) is 18.3 Å². The summed E-state index contributed by atoms with van der Waals surface area (Å²) in [5.74, 6) is 0.0865. The van der Waals surface area contributed by atoms with Gasteiger partial charge in [-0.05, 0) is 43.7 Å². The summed E-state index contributed by atoms with van der Waals surface area (Å²) in [5, 5.41) is 9.86. The smallest absolute Gasteiger partial charge is 0.252 e. The van der Waals surface area contributed by atoms with Crippen molar-refractivity contribution in [2.75, 3.05) is 13.1 Å². The Balaban J connectivity index is 1.34. The molecule has 0 radical (unpaired) electrons. The number of H-pyrrole nitrogens is 1. The zero-order valence-corrected chi connectivity index (χ0v) is 16.6. The van der Waals surface area contributed by atoms with E-state index in [4.69, 9.17) is 10.5 Å². The number of carbonyl (C=O) groups is 1. The lowest BCUT2D eigenvalue weighted by molar-refractivity contribution is 0.0997. The van der Waals surface area contributed by atoms with Crippen molar-refractivity contribution in [2.24, 2.45) is 5.73 Å². The quantitative estimate of drug-likeness (QED) is 0.618. The molecule has 0 spiro atoms. The van der Waals surface area contributed by atoms with E-state index in [0.717, 1.165) is 48.9 Å². The highest BCUT2D eigenvalue weighted by Crippen LogP contribution is 2.28. The SMILES string of the molecule is NC(=O)c1cn[nH]c1[C@H]1CCCN(Cc2csc(COc3ccc(F)cc3)n2)C1. The van der Waals surface area contributed by atoms with Crippen LogP contribution in [0.2, 0.25) is 0 Å². The van der Waals surface area contributed by atoms with E-state index in [1.807, 2.05) is 5.38 Å². The van der Waals surface area contributed by atoms with Crippen molar-refractivity contribution in [3.8, 4) is 5.75 Å². The highest BCUT2D eigenvalue weighted by atomic mass is 32.1. The third kappa shape index (κ3) is 4.80. The highest BCUT2D eigenvalue weighted by molar-refractivity contribution is 7.09. The average Bonchev–Trinajstić information content (AvgIpc) is 3.37. The number of piperidine rings is 1. The minimum atomic E-state index is -0.448. The molecule has 1 amide bonds. The number of halogens is 1. The Morgan fingerprint density at radius 2 is 2.21 bits per heavy atom. The molecule has 0 aliphatic carbocycles. The van der Waals surface area contributed by atoms with Crippen LogP contribution < -0.4 is 10.5 Å². The number of hydrogen-bond acceptors (Lipinski definition) is 6. The van der Waals surface area contributed by atoms with Gasteiger partial charge in [-0.1, -0.05) is 0 Å². The predicted molar refractivity (Wildman–Crippen MR) is 107 cm³/mol. The van der Waals surface area contributed by atoms with Crippen molar-refractivity contribution < 1.29 is 13.9 Å². The molecule has 7 nitrogen and oxygen atoms in total.